The molecule has 3 aromatic rings. The van der Waals surface area contributed by atoms with Crippen LogP contribution in [0.25, 0.3) is 5.69 Å². The van der Waals surface area contributed by atoms with Crippen molar-refractivity contribution in [1.82, 2.24) is 9.78 Å². The Balaban J connectivity index is 1.63. The van der Waals surface area contributed by atoms with E-state index in [0.29, 0.717) is 28.7 Å². The van der Waals surface area contributed by atoms with Gasteiger partial charge < -0.3 is 10.1 Å². The Morgan fingerprint density at radius 2 is 1.68 bits per heavy atom. The highest BCUT2D eigenvalue weighted by Crippen LogP contribution is 2.33. The van der Waals surface area contributed by atoms with Gasteiger partial charge in [-0.15, -0.1) is 5.10 Å². The molecule has 8 heteroatoms. The molecule has 0 atom stereocenters. The molecule has 0 spiro atoms. The van der Waals surface area contributed by atoms with Crippen molar-refractivity contribution in [3.63, 3.8) is 0 Å². The molecule has 2 aromatic carbocycles. The second-order valence-electron chi connectivity index (χ2n) is 10.2. The molecule has 1 aliphatic rings. The summed E-state index contributed by atoms with van der Waals surface area (Å²) in [6, 6.07) is 16.0. The first-order valence-electron chi connectivity index (χ1n) is 13.3. The van der Waals surface area contributed by atoms with Crippen LogP contribution in [0.15, 0.2) is 60.8 Å². The zero-order chi connectivity index (χ0) is 27.2. The topological polar surface area (TPSA) is 93.5 Å². The lowest BCUT2D eigenvalue weighted by atomic mass is 9.82. The summed E-state index contributed by atoms with van der Waals surface area (Å²) < 4.78 is 6.87. The van der Waals surface area contributed by atoms with E-state index in [-0.39, 0.29) is 35.9 Å². The second kappa shape index (κ2) is 12.1. The fourth-order valence-corrected chi connectivity index (χ4v) is 4.83. The number of carbonyl (C=O) groups is 3. The van der Waals surface area contributed by atoms with Gasteiger partial charge in [0.2, 0.25) is 5.91 Å². The lowest BCUT2D eigenvalue weighted by Crippen LogP contribution is -2.43. The van der Waals surface area contributed by atoms with Crippen molar-refractivity contribution in [3.8, 4) is 5.69 Å². The lowest BCUT2D eigenvalue weighted by molar-refractivity contribution is -0.124. The maximum absolute atomic E-state index is 13.7. The monoisotopic (exact) mass is 516 g/mol. The highest BCUT2D eigenvalue weighted by atomic mass is 16.5. The summed E-state index contributed by atoms with van der Waals surface area (Å²) in [5.74, 6) is 0.0798. The van der Waals surface area contributed by atoms with E-state index in [1.54, 1.807) is 47.0 Å². The molecule has 8 nitrogen and oxygen atoms in total. The van der Waals surface area contributed by atoms with E-state index in [1.165, 1.54) is 0 Å². The number of rotatable bonds is 8. The molecule has 0 unspecified atom stereocenters. The number of hydrogen-bond donors (Lipinski definition) is 1. The summed E-state index contributed by atoms with van der Waals surface area (Å²) in [7, 11) is 0. The van der Waals surface area contributed by atoms with Crippen LogP contribution < -0.4 is 10.2 Å². The average molecular weight is 517 g/mol. The summed E-state index contributed by atoms with van der Waals surface area (Å²) >= 11 is 0. The third-order valence-corrected chi connectivity index (χ3v) is 6.96. The standard InChI is InChI=1S/C30H36N4O4/c1-5-38-30(37)26-19-33(25-17-15-22(16-18-25)28(35)31-24-9-7-6-8-10-24)32-27(26)34(20(2)3)29(36)23-13-11-21(4)12-14-23/h6-10,15-21,23H,5,11-14H2,1-4H3,(H,31,35). The molecule has 0 radical (unpaired) electrons. The lowest BCUT2D eigenvalue weighted by Gasteiger charge is -2.32. The first-order chi connectivity index (χ1) is 18.3. The number of anilines is 2. The van der Waals surface area contributed by atoms with Crippen LogP contribution in [0.1, 0.15) is 74.1 Å². The van der Waals surface area contributed by atoms with E-state index in [4.69, 9.17) is 9.84 Å². The summed E-state index contributed by atoms with van der Waals surface area (Å²) in [4.78, 5) is 40.9. The molecule has 1 aromatic heterocycles. The van der Waals surface area contributed by atoms with Crippen LogP contribution >= 0.6 is 0 Å². The molecule has 0 aliphatic heterocycles. The average Bonchev–Trinajstić information content (AvgIpc) is 3.34. The second-order valence-corrected chi connectivity index (χ2v) is 10.2. The normalized spacial score (nSPS) is 17.2. The Bertz CT molecular complexity index is 1260. The Kier molecular flexibility index (Phi) is 8.61. The number of ether oxygens (including phenoxy) is 1. The van der Waals surface area contributed by atoms with Crippen molar-refractivity contribution in [2.45, 2.75) is 59.4 Å². The van der Waals surface area contributed by atoms with Gasteiger partial charge in [-0.1, -0.05) is 25.1 Å². The number of carbonyl (C=O) groups excluding carboxylic acids is 3. The minimum atomic E-state index is -0.525. The van der Waals surface area contributed by atoms with E-state index in [9.17, 15) is 14.4 Å². The summed E-state index contributed by atoms with van der Waals surface area (Å²) in [6.07, 6.45) is 5.31. The number of nitrogens with zero attached hydrogens (tertiary/aromatic N) is 3. The van der Waals surface area contributed by atoms with Gasteiger partial charge in [0.05, 0.1) is 12.3 Å². The summed E-state index contributed by atoms with van der Waals surface area (Å²) in [6.45, 7) is 8.04. The minimum absolute atomic E-state index is 0.00405. The molecule has 2 amide bonds. The molecule has 1 aliphatic carbocycles. The van der Waals surface area contributed by atoms with Gasteiger partial charge in [-0.2, -0.15) is 0 Å². The van der Waals surface area contributed by atoms with E-state index in [2.05, 4.69) is 12.2 Å². The van der Waals surface area contributed by atoms with E-state index in [1.807, 2.05) is 44.2 Å². The number of para-hydroxylation sites is 1. The first kappa shape index (κ1) is 27.1. The molecular formula is C30H36N4O4. The third kappa shape index (κ3) is 6.13. The molecule has 4 rings (SSSR count). The van der Waals surface area contributed by atoms with Crippen LogP contribution in [0.5, 0.6) is 0 Å². The van der Waals surface area contributed by atoms with Crippen molar-refractivity contribution in [2.75, 3.05) is 16.8 Å². The largest absolute Gasteiger partial charge is 0.462 e. The van der Waals surface area contributed by atoms with Crippen LogP contribution in [0.2, 0.25) is 0 Å². The third-order valence-electron chi connectivity index (χ3n) is 6.96. The molecule has 0 bridgehead atoms. The van der Waals surface area contributed by atoms with E-state index < -0.39 is 5.97 Å². The minimum Gasteiger partial charge on any atom is -0.462 e. The highest BCUT2D eigenvalue weighted by molar-refractivity contribution is 6.04. The van der Waals surface area contributed by atoms with Crippen molar-refractivity contribution < 1.29 is 19.1 Å². The number of nitrogens with one attached hydrogen (secondary N) is 1. The maximum Gasteiger partial charge on any atom is 0.343 e. The first-order valence-corrected chi connectivity index (χ1v) is 13.3. The van der Waals surface area contributed by atoms with Crippen LogP contribution in [-0.2, 0) is 9.53 Å². The highest BCUT2D eigenvalue weighted by Gasteiger charge is 2.34. The van der Waals surface area contributed by atoms with E-state index in [0.717, 1.165) is 25.7 Å². The number of benzene rings is 2. The van der Waals surface area contributed by atoms with Crippen LogP contribution in [0, 0.1) is 11.8 Å². The summed E-state index contributed by atoms with van der Waals surface area (Å²) in [5.41, 5.74) is 2.09. The van der Waals surface area contributed by atoms with Gasteiger partial charge in [0.15, 0.2) is 5.82 Å². The van der Waals surface area contributed by atoms with Gasteiger partial charge >= 0.3 is 5.97 Å². The zero-order valence-corrected chi connectivity index (χ0v) is 22.5. The molecule has 1 fully saturated rings. The van der Waals surface area contributed by atoms with Gasteiger partial charge in [0.1, 0.15) is 5.56 Å². The Morgan fingerprint density at radius 1 is 1.03 bits per heavy atom. The van der Waals surface area contributed by atoms with Gasteiger partial charge in [-0.3, -0.25) is 14.5 Å². The fraction of sp³-hybridized carbons (Fsp3) is 0.400. The number of esters is 1. The number of amides is 2. The molecule has 1 N–H and O–H groups in total. The Morgan fingerprint density at radius 3 is 2.29 bits per heavy atom. The molecule has 200 valence electrons. The van der Waals surface area contributed by atoms with Gasteiger partial charge in [-0.05, 0) is 88.8 Å². The fourth-order valence-electron chi connectivity index (χ4n) is 4.83. The smallest absolute Gasteiger partial charge is 0.343 e. The van der Waals surface area contributed by atoms with E-state index >= 15 is 0 Å². The number of aromatic nitrogens is 2. The molecule has 38 heavy (non-hydrogen) atoms. The molecular weight excluding hydrogens is 480 g/mol. The van der Waals surface area contributed by atoms with Gasteiger partial charge in [0.25, 0.3) is 5.91 Å². The Hall–Kier alpha value is -3.94. The van der Waals surface area contributed by atoms with Gasteiger partial charge in [-0.25, -0.2) is 9.48 Å². The van der Waals surface area contributed by atoms with Crippen LogP contribution in [0.4, 0.5) is 11.5 Å². The Labute approximate surface area is 224 Å². The molecule has 1 heterocycles. The van der Waals surface area contributed by atoms with Gasteiger partial charge in [0, 0.05) is 29.4 Å². The predicted molar refractivity (Wildman–Crippen MR) is 148 cm³/mol. The van der Waals surface area contributed by atoms with Crippen molar-refractivity contribution in [2.24, 2.45) is 11.8 Å². The van der Waals surface area contributed by atoms with Crippen molar-refractivity contribution in [1.29, 1.82) is 0 Å². The maximum atomic E-state index is 13.7. The summed E-state index contributed by atoms with van der Waals surface area (Å²) in [5, 5.41) is 7.57. The molecule has 0 saturated heterocycles. The predicted octanol–water partition coefficient (Wildman–Crippen LogP) is 5.87. The van der Waals surface area contributed by atoms with Crippen LogP contribution in [0.3, 0.4) is 0 Å². The SMILES string of the molecule is CCOC(=O)c1cn(-c2ccc(C(=O)Nc3ccccc3)cc2)nc1N(C(=O)C1CCC(C)CC1)C(C)C. The van der Waals surface area contributed by atoms with Crippen molar-refractivity contribution in [3.05, 3.63) is 71.9 Å². The zero-order valence-electron chi connectivity index (χ0n) is 22.5. The number of hydrogen-bond acceptors (Lipinski definition) is 5. The van der Waals surface area contributed by atoms with Crippen LogP contribution in [-0.4, -0.2) is 40.2 Å². The quantitative estimate of drug-likeness (QED) is 0.378. The molecule has 1 saturated carbocycles. The van der Waals surface area contributed by atoms with Crippen molar-refractivity contribution >= 4 is 29.3 Å².